The predicted octanol–water partition coefficient (Wildman–Crippen LogP) is 3.95. The van der Waals surface area contributed by atoms with Gasteiger partial charge in [0.05, 0.1) is 23.9 Å². The quantitative estimate of drug-likeness (QED) is 0.857. The third-order valence-electron chi connectivity index (χ3n) is 3.80. The van der Waals surface area contributed by atoms with E-state index in [1.807, 2.05) is 36.2 Å². The smallest absolute Gasteiger partial charge is 0.241 e. The summed E-state index contributed by atoms with van der Waals surface area (Å²) < 4.78 is 18.3. The standard InChI is InChI=1S/C18H20ClFN2O2/c1-12(18(23)21-17-8-7-14(20)10-16(17)19)22(2)11-13-5-4-6-15(9-13)24-3/h4-10,12H,11H2,1-3H3,(H,21,23)/t12-/m0/s1. The van der Waals surface area contributed by atoms with Crippen molar-refractivity contribution < 1.29 is 13.9 Å². The number of carbonyl (C=O) groups is 1. The van der Waals surface area contributed by atoms with Gasteiger partial charge in [0.1, 0.15) is 11.6 Å². The zero-order chi connectivity index (χ0) is 17.7. The molecule has 6 heteroatoms. The summed E-state index contributed by atoms with van der Waals surface area (Å²) in [7, 11) is 3.47. The summed E-state index contributed by atoms with van der Waals surface area (Å²) in [4.78, 5) is 14.3. The summed E-state index contributed by atoms with van der Waals surface area (Å²) >= 11 is 5.94. The average molecular weight is 351 g/mol. The first kappa shape index (κ1) is 18.2. The molecule has 1 N–H and O–H groups in total. The van der Waals surface area contributed by atoms with Crippen molar-refractivity contribution in [3.8, 4) is 5.75 Å². The molecule has 2 aromatic rings. The fourth-order valence-electron chi connectivity index (χ4n) is 2.22. The van der Waals surface area contributed by atoms with Gasteiger partial charge in [-0.1, -0.05) is 23.7 Å². The number of nitrogens with zero attached hydrogens (tertiary/aromatic N) is 1. The van der Waals surface area contributed by atoms with Gasteiger partial charge in [-0.05, 0) is 49.9 Å². The van der Waals surface area contributed by atoms with E-state index in [2.05, 4.69) is 5.32 Å². The summed E-state index contributed by atoms with van der Waals surface area (Å²) in [5, 5.41) is 2.89. The predicted molar refractivity (Wildman–Crippen MR) is 94.0 cm³/mol. The zero-order valence-electron chi connectivity index (χ0n) is 13.8. The highest BCUT2D eigenvalue weighted by molar-refractivity contribution is 6.33. The molecule has 0 saturated heterocycles. The molecule has 2 aromatic carbocycles. The Morgan fingerprint density at radius 2 is 2.08 bits per heavy atom. The Labute approximate surface area is 146 Å². The number of amides is 1. The normalized spacial score (nSPS) is 12.1. The van der Waals surface area contributed by atoms with Crippen LogP contribution in [0, 0.1) is 5.82 Å². The third-order valence-corrected chi connectivity index (χ3v) is 4.11. The first-order valence-corrected chi connectivity index (χ1v) is 7.87. The number of anilines is 1. The van der Waals surface area contributed by atoms with Gasteiger partial charge in [0.15, 0.2) is 0 Å². The van der Waals surface area contributed by atoms with Crippen LogP contribution in [-0.2, 0) is 11.3 Å². The van der Waals surface area contributed by atoms with Crippen molar-refractivity contribution in [2.45, 2.75) is 19.5 Å². The second-order valence-corrected chi connectivity index (χ2v) is 5.96. The van der Waals surface area contributed by atoms with Crippen LogP contribution in [0.5, 0.6) is 5.75 Å². The second kappa shape index (κ2) is 8.13. The highest BCUT2D eigenvalue weighted by Gasteiger charge is 2.19. The number of rotatable bonds is 6. The van der Waals surface area contributed by atoms with E-state index in [1.54, 1.807) is 14.0 Å². The number of carbonyl (C=O) groups excluding carboxylic acids is 1. The number of halogens is 2. The fraction of sp³-hybridized carbons (Fsp3) is 0.278. The summed E-state index contributed by atoms with van der Waals surface area (Å²) in [5.74, 6) is 0.117. The van der Waals surface area contributed by atoms with Crippen molar-refractivity contribution in [3.05, 3.63) is 58.9 Å². The van der Waals surface area contributed by atoms with Crippen LogP contribution in [0.3, 0.4) is 0 Å². The molecule has 1 atom stereocenters. The molecule has 0 unspecified atom stereocenters. The maximum atomic E-state index is 13.1. The lowest BCUT2D eigenvalue weighted by Crippen LogP contribution is -2.39. The Balaban J connectivity index is 2.01. The van der Waals surface area contributed by atoms with Crippen LogP contribution >= 0.6 is 11.6 Å². The van der Waals surface area contributed by atoms with Gasteiger partial charge in [0.2, 0.25) is 5.91 Å². The monoisotopic (exact) mass is 350 g/mol. The van der Waals surface area contributed by atoms with Gasteiger partial charge >= 0.3 is 0 Å². The van der Waals surface area contributed by atoms with E-state index in [0.717, 1.165) is 11.3 Å². The topological polar surface area (TPSA) is 41.6 Å². The average Bonchev–Trinajstić information content (AvgIpc) is 2.56. The van der Waals surface area contributed by atoms with E-state index in [9.17, 15) is 9.18 Å². The minimum absolute atomic E-state index is 0.172. The fourth-order valence-corrected chi connectivity index (χ4v) is 2.44. The molecule has 0 aliphatic carbocycles. The lowest BCUT2D eigenvalue weighted by Gasteiger charge is -2.24. The van der Waals surface area contributed by atoms with Gasteiger partial charge in [0, 0.05) is 6.54 Å². The molecule has 0 saturated carbocycles. The number of likely N-dealkylation sites (N-methyl/N-ethyl adjacent to an activating group) is 1. The highest BCUT2D eigenvalue weighted by atomic mass is 35.5. The number of hydrogen-bond acceptors (Lipinski definition) is 3. The first-order valence-electron chi connectivity index (χ1n) is 7.50. The van der Waals surface area contributed by atoms with E-state index in [1.165, 1.54) is 18.2 Å². The SMILES string of the molecule is COc1cccc(CN(C)[C@@H](C)C(=O)Nc2ccc(F)cc2Cl)c1. The molecule has 0 aromatic heterocycles. The van der Waals surface area contributed by atoms with Gasteiger partial charge in [-0.2, -0.15) is 0 Å². The van der Waals surface area contributed by atoms with E-state index < -0.39 is 11.9 Å². The Bertz CT molecular complexity index is 724. The van der Waals surface area contributed by atoms with E-state index in [-0.39, 0.29) is 10.9 Å². The van der Waals surface area contributed by atoms with Crippen molar-refractivity contribution in [2.24, 2.45) is 0 Å². The molecule has 2 rings (SSSR count). The number of nitrogens with one attached hydrogen (secondary N) is 1. The van der Waals surface area contributed by atoms with Crippen molar-refractivity contribution >= 4 is 23.2 Å². The molecule has 128 valence electrons. The Hall–Kier alpha value is -2.11. The second-order valence-electron chi connectivity index (χ2n) is 5.56. The van der Waals surface area contributed by atoms with E-state index >= 15 is 0 Å². The summed E-state index contributed by atoms with van der Waals surface area (Å²) in [5.41, 5.74) is 1.43. The van der Waals surface area contributed by atoms with Crippen molar-refractivity contribution in [1.82, 2.24) is 4.90 Å². The van der Waals surface area contributed by atoms with Crippen LogP contribution in [0.2, 0.25) is 5.02 Å². The number of hydrogen-bond donors (Lipinski definition) is 1. The van der Waals surface area contributed by atoms with Crippen molar-refractivity contribution in [1.29, 1.82) is 0 Å². The molecule has 0 heterocycles. The summed E-state index contributed by atoms with van der Waals surface area (Å²) in [6.07, 6.45) is 0. The van der Waals surface area contributed by atoms with Gasteiger partial charge < -0.3 is 10.1 Å². The van der Waals surface area contributed by atoms with Crippen LogP contribution in [-0.4, -0.2) is 31.0 Å². The van der Waals surface area contributed by atoms with Gasteiger partial charge in [-0.3, -0.25) is 9.69 Å². The lowest BCUT2D eigenvalue weighted by atomic mass is 10.1. The minimum atomic E-state index is -0.443. The Kier molecular flexibility index (Phi) is 6.17. The number of ether oxygens (including phenoxy) is 1. The third kappa shape index (κ3) is 4.69. The molecule has 0 radical (unpaired) electrons. The number of methoxy groups -OCH3 is 1. The molecule has 1 amide bonds. The maximum Gasteiger partial charge on any atom is 0.241 e. The molecule has 0 spiro atoms. The molecular weight excluding hydrogens is 331 g/mol. The van der Waals surface area contributed by atoms with Gasteiger partial charge in [0.25, 0.3) is 0 Å². The Morgan fingerprint density at radius 3 is 2.75 bits per heavy atom. The molecule has 0 aliphatic heterocycles. The Morgan fingerprint density at radius 1 is 1.33 bits per heavy atom. The van der Waals surface area contributed by atoms with Crippen LogP contribution in [0.4, 0.5) is 10.1 Å². The lowest BCUT2D eigenvalue weighted by molar-refractivity contribution is -0.120. The number of benzene rings is 2. The summed E-state index contributed by atoms with van der Waals surface area (Å²) in [6, 6.07) is 11.2. The van der Waals surface area contributed by atoms with Crippen LogP contribution in [0.1, 0.15) is 12.5 Å². The highest BCUT2D eigenvalue weighted by Crippen LogP contribution is 2.23. The largest absolute Gasteiger partial charge is 0.497 e. The van der Waals surface area contributed by atoms with Crippen LogP contribution in [0.15, 0.2) is 42.5 Å². The molecular formula is C18H20ClFN2O2. The molecule has 0 fully saturated rings. The minimum Gasteiger partial charge on any atom is -0.497 e. The first-order chi connectivity index (χ1) is 11.4. The molecule has 24 heavy (non-hydrogen) atoms. The van der Waals surface area contributed by atoms with Gasteiger partial charge in [-0.15, -0.1) is 0 Å². The molecule has 0 aliphatic rings. The molecule has 4 nitrogen and oxygen atoms in total. The maximum absolute atomic E-state index is 13.1. The van der Waals surface area contributed by atoms with Crippen LogP contribution < -0.4 is 10.1 Å². The summed E-state index contributed by atoms with van der Waals surface area (Å²) in [6.45, 7) is 2.38. The van der Waals surface area contributed by atoms with Gasteiger partial charge in [-0.25, -0.2) is 4.39 Å². The van der Waals surface area contributed by atoms with Crippen molar-refractivity contribution in [3.63, 3.8) is 0 Å². The van der Waals surface area contributed by atoms with E-state index in [0.29, 0.717) is 12.2 Å². The van der Waals surface area contributed by atoms with E-state index in [4.69, 9.17) is 16.3 Å². The van der Waals surface area contributed by atoms with Crippen molar-refractivity contribution in [2.75, 3.05) is 19.5 Å². The zero-order valence-corrected chi connectivity index (χ0v) is 14.6. The van der Waals surface area contributed by atoms with Crippen LogP contribution in [0.25, 0.3) is 0 Å². The molecule has 0 bridgehead atoms.